The Balaban J connectivity index is 1.38. The molecule has 1 aromatic heterocycles. The second kappa shape index (κ2) is 9.14. The summed E-state index contributed by atoms with van der Waals surface area (Å²) in [7, 11) is 0. The topological polar surface area (TPSA) is 70.2 Å². The lowest BCUT2D eigenvalue weighted by molar-refractivity contribution is 0.0985. The number of nitrogens with one attached hydrogen (secondary N) is 2. The van der Waals surface area contributed by atoms with Gasteiger partial charge in [-0.2, -0.15) is 0 Å². The summed E-state index contributed by atoms with van der Waals surface area (Å²) in [5.74, 6) is 1.15. The fourth-order valence-electron chi connectivity index (χ4n) is 4.33. The molecule has 0 spiro atoms. The summed E-state index contributed by atoms with van der Waals surface area (Å²) in [6.07, 6.45) is 2.55. The zero-order valence-electron chi connectivity index (χ0n) is 18.2. The summed E-state index contributed by atoms with van der Waals surface area (Å²) in [6.45, 7) is 5.44. The Morgan fingerprint density at radius 1 is 1.21 bits per heavy atom. The van der Waals surface area contributed by atoms with Crippen molar-refractivity contribution in [3.63, 3.8) is 0 Å². The number of nitrogens with zero attached hydrogens (tertiary/aromatic N) is 3. The van der Waals surface area contributed by atoms with Crippen molar-refractivity contribution < 1.29 is 4.79 Å². The first-order valence-corrected chi connectivity index (χ1v) is 12.6. The summed E-state index contributed by atoms with van der Waals surface area (Å²) in [6, 6.07) is 12.0. The predicted octanol–water partition coefficient (Wildman–Crippen LogP) is 6.08. The number of para-hydroxylation sites is 1. The van der Waals surface area contributed by atoms with Crippen molar-refractivity contribution in [2.24, 2.45) is 5.92 Å². The zero-order valence-corrected chi connectivity index (χ0v) is 20.6. The van der Waals surface area contributed by atoms with E-state index in [1.54, 1.807) is 29.3 Å². The maximum absolute atomic E-state index is 13.1. The average molecular weight is 500 g/mol. The van der Waals surface area contributed by atoms with E-state index in [1.807, 2.05) is 0 Å². The Morgan fingerprint density at radius 3 is 2.76 bits per heavy atom. The summed E-state index contributed by atoms with van der Waals surface area (Å²) in [5, 5.41) is 8.41. The van der Waals surface area contributed by atoms with Gasteiger partial charge in [0.15, 0.2) is 0 Å². The van der Waals surface area contributed by atoms with Crippen molar-refractivity contribution in [3.05, 3.63) is 69.3 Å². The van der Waals surface area contributed by atoms with Gasteiger partial charge in [0.05, 0.1) is 27.2 Å². The molecule has 33 heavy (non-hydrogen) atoms. The number of halogens is 2. The maximum atomic E-state index is 13.1. The smallest absolute Gasteiger partial charge is 0.263 e. The van der Waals surface area contributed by atoms with Crippen LogP contribution < -0.4 is 15.5 Å². The minimum atomic E-state index is -0.216. The van der Waals surface area contributed by atoms with Crippen molar-refractivity contribution in [2.75, 3.05) is 22.6 Å². The van der Waals surface area contributed by atoms with Gasteiger partial charge in [-0.05, 0) is 54.3 Å². The number of hydrogen-bond acceptors (Lipinski definition) is 6. The van der Waals surface area contributed by atoms with E-state index >= 15 is 0 Å². The van der Waals surface area contributed by atoms with E-state index < -0.39 is 0 Å². The molecule has 2 aliphatic heterocycles. The van der Waals surface area contributed by atoms with Crippen molar-refractivity contribution in [1.82, 2.24) is 15.3 Å². The van der Waals surface area contributed by atoms with Crippen LogP contribution in [0.15, 0.2) is 47.6 Å². The van der Waals surface area contributed by atoms with Gasteiger partial charge in [-0.3, -0.25) is 9.69 Å². The molecule has 0 bridgehead atoms. The molecule has 2 aromatic carbocycles. The van der Waals surface area contributed by atoms with E-state index in [9.17, 15) is 4.79 Å². The second-order valence-electron chi connectivity index (χ2n) is 8.45. The highest BCUT2D eigenvalue weighted by Crippen LogP contribution is 2.39. The normalized spacial score (nSPS) is 17.7. The molecule has 0 aliphatic carbocycles. The molecule has 2 N–H and O–H groups in total. The molecule has 1 atom stereocenters. The molecule has 9 heteroatoms. The summed E-state index contributed by atoms with van der Waals surface area (Å²) < 4.78 is 0. The van der Waals surface area contributed by atoms with E-state index in [1.165, 1.54) is 22.9 Å². The van der Waals surface area contributed by atoms with Crippen molar-refractivity contribution in [2.45, 2.75) is 31.3 Å². The lowest BCUT2D eigenvalue weighted by Gasteiger charge is -2.30. The Bertz CT molecular complexity index is 1220. The molecule has 6 nitrogen and oxygen atoms in total. The number of carbonyl (C=O) groups excluding carboxylic acids is 1. The molecule has 170 valence electrons. The van der Waals surface area contributed by atoms with Crippen LogP contribution >= 0.6 is 35.0 Å². The molecule has 3 aromatic rings. The van der Waals surface area contributed by atoms with Gasteiger partial charge in [0.2, 0.25) is 5.95 Å². The molecule has 0 saturated carbocycles. The van der Waals surface area contributed by atoms with Gasteiger partial charge in [-0.25, -0.2) is 9.97 Å². The molecular formula is C24H23Cl2N5OS. The molecule has 0 fully saturated rings. The monoisotopic (exact) mass is 499 g/mol. The molecular weight excluding hydrogens is 477 g/mol. The third kappa shape index (κ3) is 4.30. The van der Waals surface area contributed by atoms with E-state index in [-0.39, 0.29) is 5.91 Å². The van der Waals surface area contributed by atoms with Gasteiger partial charge >= 0.3 is 0 Å². The highest BCUT2D eigenvalue weighted by molar-refractivity contribution is 7.99. The first-order valence-electron chi connectivity index (χ1n) is 10.8. The number of carbonyl (C=O) groups is 1. The number of rotatable bonds is 4. The van der Waals surface area contributed by atoms with Gasteiger partial charge in [-0.15, -0.1) is 0 Å². The molecule has 2 aliphatic rings. The summed E-state index contributed by atoms with van der Waals surface area (Å²) >= 11 is 14.1. The van der Waals surface area contributed by atoms with Crippen molar-refractivity contribution in [3.8, 4) is 0 Å². The van der Waals surface area contributed by atoms with E-state index in [0.29, 0.717) is 50.1 Å². The van der Waals surface area contributed by atoms with Crippen LogP contribution in [0.1, 0.15) is 41.4 Å². The minimum Gasteiger partial charge on any atom is -0.324 e. The first-order chi connectivity index (χ1) is 15.9. The number of aromatic nitrogens is 2. The van der Waals surface area contributed by atoms with Crippen LogP contribution in [-0.2, 0) is 6.42 Å². The molecule has 1 unspecified atom stereocenters. The maximum Gasteiger partial charge on any atom is 0.263 e. The van der Waals surface area contributed by atoms with Crippen LogP contribution in [0.3, 0.4) is 0 Å². The molecule has 0 radical (unpaired) electrons. The predicted molar refractivity (Wildman–Crippen MR) is 135 cm³/mol. The molecule has 3 heterocycles. The van der Waals surface area contributed by atoms with Crippen molar-refractivity contribution in [1.29, 1.82) is 0 Å². The number of benzene rings is 2. The molecule has 1 amide bonds. The van der Waals surface area contributed by atoms with Gasteiger partial charge < -0.3 is 10.6 Å². The van der Waals surface area contributed by atoms with Gasteiger partial charge in [0.1, 0.15) is 5.03 Å². The third-order valence-corrected chi connectivity index (χ3v) is 7.51. The minimum absolute atomic E-state index is 0.216. The third-order valence-electron chi connectivity index (χ3n) is 5.93. The largest absolute Gasteiger partial charge is 0.324 e. The lowest BCUT2D eigenvalue weighted by atomic mass is 9.88. The lowest BCUT2D eigenvalue weighted by Crippen LogP contribution is -2.35. The SMILES string of the molecule is CC(C)C1NCCc2cc(Nc3ncc4c(n3)SCN(c3c(Cl)cccc3Cl)C4=O)ccc21. The second-order valence-corrected chi connectivity index (χ2v) is 10.2. The number of fused-ring (bicyclic) bond motifs is 2. The van der Waals surface area contributed by atoms with E-state index in [2.05, 4.69) is 52.6 Å². The quantitative estimate of drug-likeness (QED) is 0.423. The van der Waals surface area contributed by atoms with Gasteiger partial charge in [-0.1, -0.05) is 60.9 Å². The van der Waals surface area contributed by atoms with Crippen LogP contribution in [0.25, 0.3) is 0 Å². The highest BCUT2D eigenvalue weighted by atomic mass is 35.5. The van der Waals surface area contributed by atoms with Gasteiger partial charge in [0.25, 0.3) is 5.91 Å². The van der Waals surface area contributed by atoms with Crippen LogP contribution in [0, 0.1) is 5.92 Å². The Hall–Kier alpha value is -2.32. The standard InChI is InChI=1S/C24H23Cl2N5OS/c1-13(2)20-16-7-6-15(10-14(16)8-9-27-20)29-24-28-11-17-22(30-24)33-12-31(23(17)32)21-18(25)4-3-5-19(21)26/h3-7,10-11,13,20,27H,8-9,12H2,1-2H3,(H,28,29,30). The zero-order chi connectivity index (χ0) is 23.1. The van der Waals surface area contributed by atoms with Crippen LogP contribution in [-0.4, -0.2) is 28.3 Å². The Kier molecular flexibility index (Phi) is 6.22. The molecule has 5 rings (SSSR count). The highest BCUT2D eigenvalue weighted by Gasteiger charge is 2.30. The van der Waals surface area contributed by atoms with Crippen LogP contribution in [0.2, 0.25) is 10.0 Å². The fraction of sp³-hybridized carbons (Fsp3) is 0.292. The number of amides is 1. The van der Waals surface area contributed by atoms with Crippen LogP contribution in [0.4, 0.5) is 17.3 Å². The molecule has 0 saturated heterocycles. The van der Waals surface area contributed by atoms with Crippen molar-refractivity contribution >= 4 is 58.2 Å². The Morgan fingerprint density at radius 2 is 2.00 bits per heavy atom. The van der Waals surface area contributed by atoms with Gasteiger partial charge in [0, 0.05) is 17.9 Å². The number of anilines is 3. The fourth-order valence-corrected chi connectivity index (χ4v) is 5.87. The first kappa shape index (κ1) is 22.5. The number of hydrogen-bond donors (Lipinski definition) is 2. The summed E-state index contributed by atoms with van der Waals surface area (Å²) in [4.78, 5) is 23.7. The van der Waals surface area contributed by atoms with E-state index in [4.69, 9.17) is 23.2 Å². The summed E-state index contributed by atoms with van der Waals surface area (Å²) in [5.41, 5.74) is 4.58. The average Bonchev–Trinajstić information content (AvgIpc) is 2.79. The number of thioether (sulfide) groups is 1. The van der Waals surface area contributed by atoms with Crippen LogP contribution in [0.5, 0.6) is 0 Å². The Labute approximate surface area is 207 Å². The van der Waals surface area contributed by atoms with E-state index in [0.717, 1.165) is 18.7 Å².